The van der Waals surface area contributed by atoms with Crippen LogP contribution in [0.3, 0.4) is 0 Å². The van der Waals surface area contributed by atoms with E-state index in [0.29, 0.717) is 19.6 Å². The van der Waals surface area contributed by atoms with Gasteiger partial charge >= 0.3 is 12.3 Å². The third kappa shape index (κ3) is 2.57. The van der Waals surface area contributed by atoms with E-state index in [2.05, 4.69) is 5.32 Å². The molecule has 0 unspecified atom stereocenters. The van der Waals surface area contributed by atoms with Crippen molar-refractivity contribution < 1.29 is 17.6 Å². The van der Waals surface area contributed by atoms with Gasteiger partial charge in [0.1, 0.15) is 0 Å². The van der Waals surface area contributed by atoms with Crippen LogP contribution < -0.4 is 5.32 Å². The van der Waals surface area contributed by atoms with Gasteiger partial charge in [-0.15, -0.1) is 0 Å². The highest BCUT2D eigenvalue weighted by Gasteiger charge is 2.49. The van der Waals surface area contributed by atoms with Crippen molar-refractivity contribution in [2.75, 3.05) is 26.2 Å². The summed E-state index contributed by atoms with van der Waals surface area (Å²) in [6, 6.07) is 0. The number of rotatable bonds is 3. The number of alkyl halides is 4. The lowest BCUT2D eigenvalue weighted by atomic mass is 9.92. The van der Waals surface area contributed by atoms with Gasteiger partial charge < -0.3 is 5.32 Å². The van der Waals surface area contributed by atoms with Crippen LogP contribution in [0.15, 0.2) is 0 Å². The molecule has 100 valence electrons. The molecule has 0 bridgehead atoms. The summed E-state index contributed by atoms with van der Waals surface area (Å²) in [5.74, 6) is -3.90. The Labute approximate surface area is 98.3 Å². The number of piperazine rings is 1. The maximum absolute atomic E-state index is 13.2. The summed E-state index contributed by atoms with van der Waals surface area (Å²) in [6.07, 6.45) is 0.0889. The van der Waals surface area contributed by atoms with Gasteiger partial charge in [0.25, 0.3) is 0 Å². The molecule has 2 fully saturated rings. The molecular weight excluding hydrogens is 236 g/mol. The van der Waals surface area contributed by atoms with Gasteiger partial charge in [0.05, 0.1) is 6.54 Å². The standard InChI is InChI=1S/C11H18F4N2/c12-9(13)11(14,15)8-17-6-5-16-7-10(17)3-1-2-4-10/h9,16H,1-8H2. The number of nitrogens with one attached hydrogen (secondary N) is 1. The molecule has 1 saturated heterocycles. The average Bonchev–Trinajstić information content (AvgIpc) is 2.71. The zero-order chi connectivity index (χ0) is 12.5. The van der Waals surface area contributed by atoms with Crippen molar-refractivity contribution in [1.29, 1.82) is 0 Å². The topological polar surface area (TPSA) is 15.3 Å². The lowest BCUT2D eigenvalue weighted by molar-refractivity contribution is -0.155. The summed E-state index contributed by atoms with van der Waals surface area (Å²) in [4.78, 5) is 1.59. The van der Waals surface area contributed by atoms with Crippen molar-refractivity contribution in [3.8, 4) is 0 Å². The largest absolute Gasteiger partial charge is 0.319 e. The summed E-state index contributed by atoms with van der Waals surface area (Å²) in [7, 11) is 0. The van der Waals surface area contributed by atoms with E-state index in [-0.39, 0.29) is 5.54 Å². The van der Waals surface area contributed by atoms with E-state index in [1.165, 1.54) is 0 Å². The Morgan fingerprint density at radius 3 is 2.47 bits per heavy atom. The molecule has 17 heavy (non-hydrogen) atoms. The first-order chi connectivity index (χ1) is 7.96. The van der Waals surface area contributed by atoms with Crippen LogP contribution in [0.1, 0.15) is 25.7 Å². The van der Waals surface area contributed by atoms with Gasteiger partial charge in [-0.05, 0) is 12.8 Å². The monoisotopic (exact) mass is 254 g/mol. The van der Waals surface area contributed by atoms with Crippen molar-refractivity contribution in [1.82, 2.24) is 10.2 Å². The second kappa shape index (κ2) is 4.72. The highest BCUT2D eigenvalue weighted by Crippen LogP contribution is 2.38. The van der Waals surface area contributed by atoms with E-state index >= 15 is 0 Å². The van der Waals surface area contributed by atoms with E-state index in [9.17, 15) is 17.6 Å². The zero-order valence-corrected chi connectivity index (χ0v) is 9.69. The molecule has 1 spiro atoms. The molecule has 1 N–H and O–H groups in total. The van der Waals surface area contributed by atoms with Crippen molar-refractivity contribution in [2.45, 2.75) is 43.6 Å². The highest BCUT2D eigenvalue weighted by molar-refractivity contribution is 5.00. The Hall–Kier alpha value is -0.360. The van der Waals surface area contributed by atoms with Crippen LogP contribution in [0, 0.1) is 0 Å². The minimum atomic E-state index is -3.90. The molecule has 1 saturated carbocycles. The minimum Gasteiger partial charge on any atom is -0.314 e. The second-order valence-electron chi connectivity index (χ2n) is 5.09. The van der Waals surface area contributed by atoms with Crippen LogP contribution >= 0.6 is 0 Å². The van der Waals surface area contributed by atoms with E-state index in [0.717, 1.165) is 25.7 Å². The van der Waals surface area contributed by atoms with E-state index in [1.807, 2.05) is 0 Å². The van der Waals surface area contributed by atoms with Crippen LogP contribution in [0.25, 0.3) is 0 Å². The van der Waals surface area contributed by atoms with Gasteiger partial charge in [0, 0.05) is 25.2 Å². The highest BCUT2D eigenvalue weighted by atomic mass is 19.3. The molecule has 2 nitrogen and oxygen atoms in total. The molecule has 2 aliphatic rings. The molecule has 1 aliphatic carbocycles. The summed E-state index contributed by atoms with van der Waals surface area (Å²) >= 11 is 0. The molecule has 2 rings (SSSR count). The molecule has 0 aromatic carbocycles. The quantitative estimate of drug-likeness (QED) is 0.776. The van der Waals surface area contributed by atoms with Gasteiger partial charge in [0.2, 0.25) is 0 Å². The minimum absolute atomic E-state index is 0.309. The van der Waals surface area contributed by atoms with Gasteiger partial charge in [-0.1, -0.05) is 12.8 Å². The fourth-order valence-electron chi connectivity index (χ4n) is 2.98. The van der Waals surface area contributed by atoms with Gasteiger partial charge in [-0.25, -0.2) is 8.78 Å². The van der Waals surface area contributed by atoms with Gasteiger partial charge in [-0.2, -0.15) is 8.78 Å². The lowest BCUT2D eigenvalue weighted by Gasteiger charge is -2.46. The Kier molecular flexibility index (Phi) is 3.63. The predicted molar refractivity (Wildman–Crippen MR) is 56.6 cm³/mol. The average molecular weight is 254 g/mol. The fraction of sp³-hybridized carbons (Fsp3) is 1.00. The Bertz CT molecular complexity index is 264. The van der Waals surface area contributed by atoms with Crippen molar-refractivity contribution >= 4 is 0 Å². The van der Waals surface area contributed by atoms with Gasteiger partial charge in [0.15, 0.2) is 0 Å². The summed E-state index contributed by atoms with van der Waals surface area (Å²) in [5, 5.41) is 3.19. The third-order valence-corrected chi connectivity index (χ3v) is 3.94. The molecule has 0 amide bonds. The Morgan fingerprint density at radius 2 is 1.88 bits per heavy atom. The number of hydrogen-bond acceptors (Lipinski definition) is 2. The molecule has 1 heterocycles. The van der Waals surface area contributed by atoms with Gasteiger partial charge in [-0.3, -0.25) is 4.90 Å². The van der Waals surface area contributed by atoms with Crippen LogP contribution in [-0.4, -0.2) is 49.0 Å². The van der Waals surface area contributed by atoms with E-state index in [1.54, 1.807) is 4.90 Å². The van der Waals surface area contributed by atoms with Crippen molar-refractivity contribution in [2.24, 2.45) is 0 Å². The summed E-state index contributed by atoms with van der Waals surface area (Å²) in [5.41, 5.74) is -0.309. The molecule has 0 aromatic rings. The molecule has 6 heteroatoms. The van der Waals surface area contributed by atoms with Crippen molar-refractivity contribution in [3.63, 3.8) is 0 Å². The van der Waals surface area contributed by atoms with Crippen LogP contribution in [0.5, 0.6) is 0 Å². The first-order valence-corrected chi connectivity index (χ1v) is 6.08. The van der Waals surface area contributed by atoms with E-state index in [4.69, 9.17) is 0 Å². The molecule has 1 aliphatic heterocycles. The van der Waals surface area contributed by atoms with Crippen LogP contribution in [-0.2, 0) is 0 Å². The first kappa shape index (κ1) is 13.1. The summed E-state index contributed by atoms with van der Waals surface area (Å²) in [6.45, 7) is 0.863. The van der Waals surface area contributed by atoms with E-state index < -0.39 is 18.9 Å². The molecule has 0 aromatic heterocycles. The zero-order valence-electron chi connectivity index (χ0n) is 9.69. The number of nitrogens with zero attached hydrogens (tertiary/aromatic N) is 1. The SMILES string of the molecule is FC(F)C(F)(F)CN1CCNCC12CCCC2. The number of hydrogen-bond donors (Lipinski definition) is 1. The lowest BCUT2D eigenvalue weighted by Crippen LogP contribution is -2.62. The van der Waals surface area contributed by atoms with Crippen LogP contribution in [0.4, 0.5) is 17.6 Å². The normalized spacial score (nSPS) is 25.9. The molecule has 0 atom stereocenters. The second-order valence-corrected chi connectivity index (χ2v) is 5.09. The number of halogens is 4. The van der Waals surface area contributed by atoms with Crippen molar-refractivity contribution in [3.05, 3.63) is 0 Å². The molecule has 0 radical (unpaired) electrons. The summed E-state index contributed by atoms with van der Waals surface area (Å²) < 4.78 is 50.8. The first-order valence-electron chi connectivity index (χ1n) is 6.08. The Balaban J connectivity index is 2.07. The maximum atomic E-state index is 13.2. The van der Waals surface area contributed by atoms with Crippen LogP contribution in [0.2, 0.25) is 0 Å². The third-order valence-electron chi connectivity index (χ3n) is 3.94. The predicted octanol–water partition coefficient (Wildman–Crippen LogP) is 2.10. The Morgan fingerprint density at radius 1 is 1.24 bits per heavy atom. The molecular formula is C11H18F4N2. The smallest absolute Gasteiger partial charge is 0.314 e. The maximum Gasteiger partial charge on any atom is 0.319 e. The fourth-order valence-corrected chi connectivity index (χ4v) is 2.98.